The summed E-state index contributed by atoms with van der Waals surface area (Å²) in [7, 11) is -2.32. The van der Waals surface area contributed by atoms with Crippen molar-refractivity contribution in [2.75, 3.05) is 0 Å². The zero-order chi connectivity index (χ0) is 20.7. The van der Waals surface area contributed by atoms with Crippen LogP contribution in [0, 0.1) is 13.8 Å². The summed E-state index contributed by atoms with van der Waals surface area (Å²) in [6.45, 7) is 5.27. The van der Waals surface area contributed by atoms with E-state index < -0.39 is 14.8 Å². The molecule has 2 aromatic carbocycles. The molecule has 5 nitrogen and oxygen atoms in total. The van der Waals surface area contributed by atoms with Crippen molar-refractivity contribution in [3.05, 3.63) is 94.3 Å². The number of aryl methyl sites for hydroxylation is 2. The van der Waals surface area contributed by atoms with E-state index >= 15 is 0 Å². The van der Waals surface area contributed by atoms with Gasteiger partial charge in [-0.05, 0) is 43.5 Å². The molecule has 0 saturated carbocycles. The fraction of sp³-hybridized carbons (Fsp3) is 0.227. The van der Waals surface area contributed by atoms with Crippen molar-refractivity contribution in [3.8, 4) is 0 Å². The van der Waals surface area contributed by atoms with Crippen LogP contribution in [0.1, 0.15) is 45.4 Å². The number of rotatable bonds is 5. The number of primary sulfonamides is 1. The van der Waals surface area contributed by atoms with Gasteiger partial charge in [-0.1, -0.05) is 54.6 Å². The smallest absolute Gasteiger partial charge is 0.224 e. The highest BCUT2D eigenvalue weighted by Crippen LogP contribution is 2.38. The second-order valence-electron chi connectivity index (χ2n) is 7.21. The highest BCUT2D eigenvalue weighted by atomic mass is 32.2. The maximum absolute atomic E-state index is 13.2. The fourth-order valence-electron chi connectivity index (χ4n) is 3.71. The minimum Gasteiger partial charge on any atom is -0.343 e. The number of ketones is 1. The van der Waals surface area contributed by atoms with Crippen LogP contribution in [-0.2, 0) is 21.8 Å². The number of hydrogen-bond acceptors (Lipinski definition) is 3. The van der Waals surface area contributed by atoms with Crippen LogP contribution in [0.2, 0.25) is 0 Å². The summed E-state index contributed by atoms with van der Waals surface area (Å²) in [5.41, 5.74) is 3.62. The van der Waals surface area contributed by atoms with Crippen LogP contribution >= 0.6 is 0 Å². The Labute approximate surface area is 165 Å². The number of benzene rings is 2. The first-order chi connectivity index (χ1) is 13.1. The molecule has 0 radical (unpaired) electrons. The molecular formula is C22H24N2O3S. The molecule has 1 aromatic heterocycles. The first kappa shape index (κ1) is 20.0. The molecule has 0 amide bonds. The van der Waals surface area contributed by atoms with Crippen molar-refractivity contribution in [3.63, 3.8) is 0 Å². The fourth-order valence-corrected chi connectivity index (χ4v) is 4.67. The SMILES string of the molecule is Cc1ccccc1C(=O)c1c(C)cc(C(C)(c2ccccc2)S(N)(=O)=O)n1C. The molecule has 0 saturated heterocycles. The number of hydrogen-bond donors (Lipinski definition) is 1. The summed E-state index contributed by atoms with van der Waals surface area (Å²) in [6.07, 6.45) is 0. The summed E-state index contributed by atoms with van der Waals surface area (Å²) < 4.78 is 25.6. The lowest BCUT2D eigenvalue weighted by atomic mass is 9.96. The molecule has 1 unspecified atom stereocenters. The topological polar surface area (TPSA) is 82.2 Å². The molecule has 0 aliphatic carbocycles. The monoisotopic (exact) mass is 396 g/mol. The average Bonchev–Trinajstić information content (AvgIpc) is 2.95. The summed E-state index contributed by atoms with van der Waals surface area (Å²) in [5, 5.41) is 5.69. The van der Waals surface area contributed by atoms with Gasteiger partial charge in [0, 0.05) is 18.3 Å². The Balaban J connectivity index is 2.26. The third-order valence-electron chi connectivity index (χ3n) is 5.41. The number of sulfonamides is 1. The number of carbonyl (C=O) groups is 1. The van der Waals surface area contributed by atoms with E-state index in [9.17, 15) is 13.2 Å². The van der Waals surface area contributed by atoms with Gasteiger partial charge in [0.05, 0.1) is 5.69 Å². The highest BCUT2D eigenvalue weighted by Gasteiger charge is 2.43. The molecule has 28 heavy (non-hydrogen) atoms. The largest absolute Gasteiger partial charge is 0.343 e. The molecule has 3 aromatic rings. The van der Waals surface area contributed by atoms with Gasteiger partial charge in [0.15, 0.2) is 0 Å². The Kier molecular flexibility index (Phi) is 5.04. The van der Waals surface area contributed by atoms with E-state index in [4.69, 9.17) is 5.14 Å². The van der Waals surface area contributed by atoms with E-state index in [1.165, 1.54) is 0 Å². The number of nitrogens with two attached hydrogens (primary N) is 1. The summed E-state index contributed by atoms with van der Waals surface area (Å²) >= 11 is 0. The average molecular weight is 397 g/mol. The molecule has 0 aliphatic rings. The van der Waals surface area contributed by atoms with Crippen molar-refractivity contribution in [2.45, 2.75) is 25.5 Å². The third-order valence-corrected chi connectivity index (χ3v) is 6.99. The summed E-state index contributed by atoms with van der Waals surface area (Å²) in [6, 6.07) is 17.9. The number of nitrogens with zero attached hydrogens (tertiary/aromatic N) is 1. The van der Waals surface area contributed by atoms with Gasteiger partial charge in [-0.25, -0.2) is 13.6 Å². The van der Waals surface area contributed by atoms with E-state index in [0.717, 1.165) is 5.56 Å². The lowest BCUT2D eigenvalue weighted by Crippen LogP contribution is -2.40. The van der Waals surface area contributed by atoms with E-state index in [1.807, 2.05) is 38.1 Å². The summed E-state index contributed by atoms with van der Waals surface area (Å²) in [5.74, 6) is -0.144. The van der Waals surface area contributed by atoms with Gasteiger partial charge in [-0.15, -0.1) is 0 Å². The van der Waals surface area contributed by atoms with Gasteiger partial charge in [0.25, 0.3) is 0 Å². The van der Waals surface area contributed by atoms with Gasteiger partial charge < -0.3 is 4.57 Å². The minimum atomic E-state index is -4.03. The van der Waals surface area contributed by atoms with Crippen LogP contribution in [0.4, 0.5) is 0 Å². The van der Waals surface area contributed by atoms with Crippen LogP contribution in [0.15, 0.2) is 60.7 Å². The molecular weight excluding hydrogens is 372 g/mol. The zero-order valence-electron chi connectivity index (χ0n) is 16.4. The van der Waals surface area contributed by atoms with E-state index in [0.29, 0.717) is 28.1 Å². The Morgan fingerprint density at radius 3 is 2.11 bits per heavy atom. The maximum atomic E-state index is 13.2. The van der Waals surface area contributed by atoms with Crippen molar-refractivity contribution in [1.82, 2.24) is 4.57 Å². The molecule has 2 N–H and O–H groups in total. The molecule has 6 heteroatoms. The number of aromatic nitrogens is 1. The van der Waals surface area contributed by atoms with Gasteiger partial charge >= 0.3 is 0 Å². The van der Waals surface area contributed by atoms with Gasteiger partial charge in [0.2, 0.25) is 15.8 Å². The lowest BCUT2D eigenvalue weighted by molar-refractivity contribution is 0.103. The molecule has 0 fully saturated rings. The van der Waals surface area contributed by atoms with E-state index in [2.05, 4.69) is 0 Å². The van der Waals surface area contributed by atoms with Crippen LogP contribution in [0.25, 0.3) is 0 Å². The lowest BCUT2D eigenvalue weighted by Gasteiger charge is -2.29. The maximum Gasteiger partial charge on any atom is 0.224 e. The molecule has 1 atom stereocenters. The minimum absolute atomic E-state index is 0.144. The van der Waals surface area contributed by atoms with Crippen LogP contribution in [0.3, 0.4) is 0 Å². The molecule has 0 bridgehead atoms. The predicted molar refractivity (Wildman–Crippen MR) is 111 cm³/mol. The Morgan fingerprint density at radius 1 is 0.964 bits per heavy atom. The Morgan fingerprint density at radius 2 is 1.54 bits per heavy atom. The Bertz CT molecular complexity index is 1150. The number of carbonyl (C=O) groups excluding carboxylic acids is 1. The first-order valence-electron chi connectivity index (χ1n) is 8.94. The quantitative estimate of drug-likeness (QED) is 0.671. The molecule has 1 heterocycles. The summed E-state index contributed by atoms with van der Waals surface area (Å²) in [4.78, 5) is 13.2. The van der Waals surface area contributed by atoms with Crippen molar-refractivity contribution in [1.29, 1.82) is 0 Å². The molecule has 146 valence electrons. The van der Waals surface area contributed by atoms with E-state index in [1.54, 1.807) is 54.9 Å². The molecule has 0 spiro atoms. The van der Waals surface area contributed by atoms with E-state index in [-0.39, 0.29) is 5.78 Å². The molecule has 0 aliphatic heterocycles. The van der Waals surface area contributed by atoms with Crippen LogP contribution < -0.4 is 5.14 Å². The van der Waals surface area contributed by atoms with Crippen molar-refractivity contribution >= 4 is 15.8 Å². The molecule has 3 rings (SSSR count). The van der Waals surface area contributed by atoms with Crippen molar-refractivity contribution in [2.24, 2.45) is 12.2 Å². The van der Waals surface area contributed by atoms with Crippen molar-refractivity contribution < 1.29 is 13.2 Å². The third kappa shape index (κ3) is 3.08. The highest BCUT2D eigenvalue weighted by molar-refractivity contribution is 7.90. The van der Waals surface area contributed by atoms with Crippen LogP contribution in [-0.4, -0.2) is 18.8 Å². The standard InChI is InChI=1S/C22H24N2O3S/c1-15-10-8-9-13-18(15)21(25)20-16(2)14-19(24(20)4)22(3,28(23,26)27)17-11-6-5-7-12-17/h5-14H,1-4H3,(H2,23,26,27). The van der Waals surface area contributed by atoms with Crippen LogP contribution in [0.5, 0.6) is 0 Å². The first-order valence-corrected chi connectivity index (χ1v) is 10.5. The normalized spacial score (nSPS) is 13.9. The van der Waals surface area contributed by atoms with Gasteiger partial charge in [0.1, 0.15) is 4.75 Å². The second-order valence-corrected chi connectivity index (χ2v) is 9.12. The zero-order valence-corrected chi connectivity index (χ0v) is 17.2. The van der Waals surface area contributed by atoms with Gasteiger partial charge in [-0.3, -0.25) is 4.79 Å². The van der Waals surface area contributed by atoms with Gasteiger partial charge in [-0.2, -0.15) is 0 Å². The predicted octanol–water partition coefficient (Wildman–Crippen LogP) is 3.42. The Hall–Kier alpha value is -2.70. The second kappa shape index (κ2) is 7.04.